The molecule has 14 heteroatoms. The number of rotatable bonds is 5. The second-order valence-corrected chi connectivity index (χ2v) is 9.77. The Morgan fingerprint density at radius 2 is 1.84 bits per heavy atom. The highest BCUT2D eigenvalue weighted by Crippen LogP contribution is 2.62. The van der Waals surface area contributed by atoms with Gasteiger partial charge in [0.25, 0.3) is 5.91 Å². The number of amides is 1. The molecule has 3 aromatic rings. The maximum Gasteiger partial charge on any atom is 0.433 e. The first-order chi connectivity index (χ1) is 14.2. The molecule has 0 saturated carbocycles. The number of aromatic nitrogens is 1. The van der Waals surface area contributed by atoms with E-state index < -0.39 is 35.9 Å². The SMILES string of the molecule is O=C(NCc1ccc(C(F)(F)F)nc1)c1ccc2sc(C(F)(F)P(=O)(O)O)c(Br)c2c1. The summed E-state index contributed by atoms with van der Waals surface area (Å²) in [4.78, 5) is 32.7. The summed E-state index contributed by atoms with van der Waals surface area (Å²) in [5.74, 6) is -0.636. The molecule has 3 N–H and O–H groups in total. The molecule has 0 spiro atoms. The van der Waals surface area contributed by atoms with Crippen molar-refractivity contribution in [2.24, 2.45) is 0 Å². The Hall–Kier alpha value is -1.92. The van der Waals surface area contributed by atoms with E-state index in [2.05, 4.69) is 26.2 Å². The van der Waals surface area contributed by atoms with E-state index in [-0.39, 0.29) is 26.7 Å². The van der Waals surface area contributed by atoms with Crippen molar-refractivity contribution in [2.75, 3.05) is 0 Å². The fourth-order valence-electron chi connectivity index (χ4n) is 2.52. The van der Waals surface area contributed by atoms with Gasteiger partial charge in [0.15, 0.2) is 0 Å². The molecule has 0 radical (unpaired) electrons. The number of hydrogen-bond donors (Lipinski definition) is 3. The molecule has 3 rings (SSSR count). The van der Waals surface area contributed by atoms with E-state index in [9.17, 15) is 31.3 Å². The maximum atomic E-state index is 14.1. The zero-order valence-electron chi connectivity index (χ0n) is 15.0. The summed E-state index contributed by atoms with van der Waals surface area (Å²) in [5, 5.41) is 2.62. The molecule has 1 amide bonds. The predicted molar refractivity (Wildman–Crippen MR) is 106 cm³/mol. The van der Waals surface area contributed by atoms with Crippen molar-refractivity contribution in [3.05, 3.63) is 62.7 Å². The minimum absolute atomic E-state index is 0.0527. The molecule has 2 aromatic heterocycles. The first kappa shape index (κ1) is 23.7. The van der Waals surface area contributed by atoms with Crippen molar-refractivity contribution >= 4 is 50.9 Å². The summed E-state index contributed by atoms with van der Waals surface area (Å²) in [7, 11) is -5.77. The van der Waals surface area contributed by atoms with Gasteiger partial charge >= 0.3 is 19.4 Å². The number of pyridine rings is 1. The van der Waals surface area contributed by atoms with Gasteiger partial charge in [-0.15, -0.1) is 11.3 Å². The molecule has 6 nitrogen and oxygen atoms in total. The molecule has 0 atom stereocenters. The van der Waals surface area contributed by atoms with Crippen LogP contribution in [0.2, 0.25) is 0 Å². The third kappa shape index (κ3) is 4.80. The van der Waals surface area contributed by atoms with Gasteiger partial charge in [0.2, 0.25) is 0 Å². The Morgan fingerprint density at radius 1 is 1.16 bits per heavy atom. The van der Waals surface area contributed by atoms with Gasteiger partial charge in [-0.05, 0) is 45.8 Å². The van der Waals surface area contributed by atoms with Crippen LogP contribution in [0.15, 0.2) is 41.0 Å². The molecule has 0 aliphatic heterocycles. The zero-order valence-corrected chi connectivity index (χ0v) is 18.2. The Labute approximate surface area is 183 Å². The van der Waals surface area contributed by atoms with Crippen molar-refractivity contribution < 1.29 is 41.1 Å². The minimum Gasteiger partial charge on any atom is -0.348 e. The van der Waals surface area contributed by atoms with Crippen LogP contribution in [0.3, 0.4) is 0 Å². The molecular formula is C17H11BrF5N2O4PS. The van der Waals surface area contributed by atoms with Crippen LogP contribution in [0.25, 0.3) is 10.1 Å². The van der Waals surface area contributed by atoms with E-state index in [1.54, 1.807) is 0 Å². The number of nitrogens with one attached hydrogen (secondary N) is 1. The number of carbonyl (C=O) groups is 1. The maximum absolute atomic E-state index is 14.1. The lowest BCUT2D eigenvalue weighted by Crippen LogP contribution is -2.23. The average Bonchev–Trinajstić information content (AvgIpc) is 3.01. The highest BCUT2D eigenvalue weighted by Gasteiger charge is 2.53. The average molecular weight is 545 g/mol. The Kier molecular flexibility index (Phi) is 6.29. The fourth-order valence-corrected chi connectivity index (χ4v) is 5.44. The summed E-state index contributed by atoms with van der Waals surface area (Å²) in [6.45, 7) is -0.131. The number of alkyl halides is 5. The molecule has 166 valence electrons. The lowest BCUT2D eigenvalue weighted by molar-refractivity contribution is -0.141. The highest BCUT2D eigenvalue weighted by molar-refractivity contribution is 9.10. The van der Waals surface area contributed by atoms with Crippen LogP contribution in [-0.2, 0) is 22.9 Å². The molecular weight excluding hydrogens is 534 g/mol. The van der Waals surface area contributed by atoms with Crippen LogP contribution in [0.4, 0.5) is 22.0 Å². The van der Waals surface area contributed by atoms with Crippen molar-refractivity contribution in [2.45, 2.75) is 18.4 Å². The van der Waals surface area contributed by atoms with Gasteiger partial charge in [-0.2, -0.15) is 22.0 Å². The summed E-state index contributed by atoms with van der Waals surface area (Å²) in [6, 6.07) is 5.86. The number of hydrogen-bond acceptors (Lipinski definition) is 4. The van der Waals surface area contributed by atoms with E-state index in [1.807, 2.05) is 0 Å². The van der Waals surface area contributed by atoms with Crippen LogP contribution in [0, 0.1) is 0 Å². The lowest BCUT2D eigenvalue weighted by atomic mass is 10.1. The van der Waals surface area contributed by atoms with Gasteiger partial charge < -0.3 is 15.1 Å². The normalized spacial score (nSPS) is 12.9. The number of halogens is 6. The Morgan fingerprint density at radius 3 is 2.39 bits per heavy atom. The van der Waals surface area contributed by atoms with Gasteiger partial charge in [-0.25, -0.2) is 0 Å². The molecule has 1 aromatic carbocycles. The zero-order chi connectivity index (χ0) is 23.2. The van der Waals surface area contributed by atoms with Crippen LogP contribution < -0.4 is 5.32 Å². The topological polar surface area (TPSA) is 99.5 Å². The van der Waals surface area contributed by atoms with Crippen LogP contribution in [0.5, 0.6) is 0 Å². The van der Waals surface area contributed by atoms with E-state index in [0.29, 0.717) is 16.9 Å². The lowest BCUT2D eigenvalue weighted by Gasteiger charge is -2.16. The molecule has 0 fully saturated rings. The number of benzene rings is 1. The van der Waals surface area contributed by atoms with E-state index in [0.717, 1.165) is 18.3 Å². The third-order valence-electron chi connectivity index (χ3n) is 4.10. The number of thiophene rings is 1. The second kappa shape index (κ2) is 8.21. The first-order valence-corrected chi connectivity index (χ1v) is 11.4. The quantitative estimate of drug-likeness (QED) is 0.301. The van der Waals surface area contributed by atoms with Gasteiger partial charge in [-0.3, -0.25) is 14.3 Å². The van der Waals surface area contributed by atoms with Gasteiger partial charge in [0, 0.05) is 32.9 Å². The van der Waals surface area contributed by atoms with Crippen molar-refractivity contribution in [1.29, 1.82) is 0 Å². The number of carbonyl (C=O) groups excluding carboxylic acids is 1. The summed E-state index contributed by atoms with van der Waals surface area (Å²) in [6.07, 6.45) is -3.61. The van der Waals surface area contributed by atoms with Crippen molar-refractivity contribution in [1.82, 2.24) is 10.3 Å². The molecule has 0 bridgehead atoms. The smallest absolute Gasteiger partial charge is 0.348 e. The summed E-state index contributed by atoms with van der Waals surface area (Å²) in [5.41, 5.74) is -5.12. The van der Waals surface area contributed by atoms with Crippen molar-refractivity contribution in [3.8, 4) is 0 Å². The Bertz CT molecular complexity index is 1190. The Balaban J connectivity index is 1.81. The molecule has 0 saturated heterocycles. The first-order valence-electron chi connectivity index (χ1n) is 8.18. The van der Waals surface area contributed by atoms with Crippen LogP contribution >= 0.6 is 34.9 Å². The molecule has 0 aliphatic carbocycles. The van der Waals surface area contributed by atoms with Crippen LogP contribution in [-0.4, -0.2) is 20.7 Å². The fraction of sp³-hybridized carbons (Fsp3) is 0.176. The van der Waals surface area contributed by atoms with Gasteiger partial charge in [0.05, 0.1) is 0 Å². The minimum atomic E-state index is -5.77. The van der Waals surface area contributed by atoms with Crippen LogP contribution in [0.1, 0.15) is 26.5 Å². The summed E-state index contributed by atoms with van der Waals surface area (Å²) >= 11 is 3.39. The van der Waals surface area contributed by atoms with Gasteiger partial charge in [-0.1, -0.05) is 6.07 Å². The van der Waals surface area contributed by atoms with E-state index >= 15 is 0 Å². The summed E-state index contributed by atoms with van der Waals surface area (Å²) < 4.78 is 76.9. The molecule has 0 unspecified atom stereocenters. The van der Waals surface area contributed by atoms with Gasteiger partial charge in [0.1, 0.15) is 10.6 Å². The second-order valence-electron chi connectivity index (χ2n) is 6.27. The predicted octanol–water partition coefficient (Wildman–Crippen LogP) is 5.23. The van der Waals surface area contributed by atoms with E-state index in [4.69, 9.17) is 9.79 Å². The van der Waals surface area contributed by atoms with E-state index in [1.165, 1.54) is 18.2 Å². The monoisotopic (exact) mass is 544 g/mol. The molecule has 2 heterocycles. The highest BCUT2D eigenvalue weighted by atomic mass is 79.9. The molecule has 31 heavy (non-hydrogen) atoms. The number of fused-ring (bicyclic) bond motifs is 1. The molecule has 0 aliphatic rings. The third-order valence-corrected chi connectivity index (χ3v) is 7.53. The van der Waals surface area contributed by atoms with Crippen molar-refractivity contribution in [3.63, 3.8) is 0 Å². The standard InChI is InChI=1S/C17H11BrF5N2O4PS/c18-13-10-5-9(2-3-11(10)31-14(13)17(22,23)30(27,28)29)15(26)25-7-8-1-4-12(24-6-8)16(19,20)21/h1-6H,7H2,(H,25,26)(H2,27,28,29). The number of nitrogens with zero attached hydrogens (tertiary/aromatic N) is 1. The largest absolute Gasteiger partial charge is 0.433 e.